The fraction of sp³-hybridized carbons (Fsp3) is 0.381. The highest BCUT2D eigenvalue weighted by molar-refractivity contribution is 5.96. The molecule has 0 aliphatic carbocycles. The molecule has 29 heavy (non-hydrogen) atoms. The number of likely N-dealkylation sites (tertiary alicyclic amines) is 1. The Hall–Kier alpha value is -3.13. The number of para-hydroxylation sites is 2. The van der Waals surface area contributed by atoms with Crippen LogP contribution in [0.5, 0.6) is 11.5 Å². The van der Waals surface area contributed by atoms with Gasteiger partial charge in [0.25, 0.3) is 5.69 Å². The molecule has 1 amide bonds. The molecule has 2 aromatic carbocycles. The van der Waals surface area contributed by atoms with Gasteiger partial charge in [0.15, 0.2) is 0 Å². The van der Waals surface area contributed by atoms with Crippen LogP contribution in [0.3, 0.4) is 0 Å². The Morgan fingerprint density at radius 3 is 2.69 bits per heavy atom. The quantitative estimate of drug-likeness (QED) is 0.563. The van der Waals surface area contributed by atoms with Crippen molar-refractivity contribution in [3.05, 3.63) is 58.1 Å². The van der Waals surface area contributed by atoms with Crippen molar-refractivity contribution in [2.24, 2.45) is 0 Å². The lowest BCUT2D eigenvalue weighted by molar-refractivity contribution is -0.383. The molecule has 3 rings (SSSR count). The number of rotatable bonds is 7. The number of hydrogen-bond donors (Lipinski definition) is 1. The van der Waals surface area contributed by atoms with Crippen LogP contribution in [0.15, 0.2) is 42.5 Å². The molecule has 154 valence electrons. The summed E-state index contributed by atoms with van der Waals surface area (Å²) >= 11 is 0. The molecule has 0 radical (unpaired) electrons. The average Bonchev–Trinajstić information content (AvgIpc) is 3.22. The monoisotopic (exact) mass is 399 g/mol. The van der Waals surface area contributed by atoms with Gasteiger partial charge in [-0.2, -0.15) is 0 Å². The highest BCUT2D eigenvalue weighted by atomic mass is 16.6. The minimum Gasteiger partial charge on any atom is -0.497 e. The van der Waals surface area contributed by atoms with E-state index in [-0.39, 0.29) is 23.3 Å². The van der Waals surface area contributed by atoms with Gasteiger partial charge in [-0.05, 0) is 38.4 Å². The summed E-state index contributed by atoms with van der Waals surface area (Å²) in [4.78, 5) is 25.7. The Morgan fingerprint density at radius 1 is 1.24 bits per heavy atom. The fourth-order valence-electron chi connectivity index (χ4n) is 3.81. The number of hydrogen-bond acceptors (Lipinski definition) is 6. The Bertz CT molecular complexity index is 902. The van der Waals surface area contributed by atoms with E-state index in [1.54, 1.807) is 26.4 Å². The predicted molar refractivity (Wildman–Crippen MR) is 109 cm³/mol. The highest BCUT2D eigenvalue weighted by Crippen LogP contribution is 2.40. The van der Waals surface area contributed by atoms with Crippen molar-refractivity contribution >= 4 is 17.3 Å². The van der Waals surface area contributed by atoms with Crippen molar-refractivity contribution in [3.63, 3.8) is 0 Å². The van der Waals surface area contributed by atoms with Gasteiger partial charge in [-0.25, -0.2) is 0 Å². The first kappa shape index (κ1) is 20.6. The molecular formula is C21H25N3O5. The third kappa shape index (κ3) is 4.32. The zero-order valence-electron chi connectivity index (χ0n) is 16.8. The first-order chi connectivity index (χ1) is 14.0. The van der Waals surface area contributed by atoms with Crippen LogP contribution in [0.1, 0.15) is 31.4 Å². The molecule has 0 saturated carbocycles. The van der Waals surface area contributed by atoms with Crippen molar-refractivity contribution in [3.8, 4) is 11.5 Å². The summed E-state index contributed by atoms with van der Waals surface area (Å²) in [6, 6.07) is 11.4. The first-order valence-corrected chi connectivity index (χ1v) is 9.48. The third-order valence-electron chi connectivity index (χ3n) is 5.33. The fourth-order valence-corrected chi connectivity index (χ4v) is 3.81. The molecule has 1 N–H and O–H groups in total. The van der Waals surface area contributed by atoms with Gasteiger partial charge >= 0.3 is 0 Å². The van der Waals surface area contributed by atoms with E-state index < -0.39 is 11.0 Å². The largest absolute Gasteiger partial charge is 0.497 e. The van der Waals surface area contributed by atoms with E-state index in [1.165, 1.54) is 12.1 Å². The number of amides is 1. The van der Waals surface area contributed by atoms with E-state index in [1.807, 2.05) is 25.1 Å². The van der Waals surface area contributed by atoms with Crippen LogP contribution >= 0.6 is 0 Å². The van der Waals surface area contributed by atoms with Crippen LogP contribution in [-0.2, 0) is 4.79 Å². The van der Waals surface area contributed by atoms with E-state index in [0.717, 1.165) is 24.9 Å². The molecule has 0 aromatic heterocycles. The van der Waals surface area contributed by atoms with Crippen molar-refractivity contribution in [2.45, 2.75) is 31.8 Å². The molecule has 1 aliphatic heterocycles. The summed E-state index contributed by atoms with van der Waals surface area (Å²) in [7, 11) is 3.22. The normalized spacial score (nSPS) is 17.6. The molecule has 1 heterocycles. The summed E-state index contributed by atoms with van der Waals surface area (Å²) in [5.74, 6) is 1.14. The van der Waals surface area contributed by atoms with Gasteiger partial charge in [-0.15, -0.1) is 0 Å². The standard InChI is InChI=1S/C21H25N3O5/c1-14(21(25)22-17-7-4-5-8-19(17)24(26)27)23-12-6-9-18(23)16-11-10-15(28-2)13-20(16)29-3/h4-5,7-8,10-11,13-14,18H,6,9,12H2,1-3H3,(H,22,25)/t14-,18+/m0/s1. The number of nitro benzene ring substituents is 1. The second kappa shape index (κ2) is 8.91. The summed E-state index contributed by atoms with van der Waals surface area (Å²) in [6.07, 6.45) is 1.84. The lowest BCUT2D eigenvalue weighted by Crippen LogP contribution is -2.41. The Labute approximate surface area is 169 Å². The first-order valence-electron chi connectivity index (χ1n) is 9.48. The molecule has 0 unspecified atom stereocenters. The third-order valence-corrected chi connectivity index (χ3v) is 5.33. The van der Waals surface area contributed by atoms with E-state index in [9.17, 15) is 14.9 Å². The Kier molecular flexibility index (Phi) is 6.33. The molecule has 0 bridgehead atoms. The summed E-state index contributed by atoms with van der Waals surface area (Å²) in [5, 5.41) is 13.9. The van der Waals surface area contributed by atoms with Crippen LogP contribution < -0.4 is 14.8 Å². The Balaban J connectivity index is 1.81. The van der Waals surface area contributed by atoms with Crippen LogP contribution in [0, 0.1) is 10.1 Å². The SMILES string of the molecule is COc1ccc([C@H]2CCCN2[C@@H](C)C(=O)Nc2ccccc2[N+](=O)[O-])c(OC)c1. The minimum absolute atomic E-state index is 0.0161. The van der Waals surface area contributed by atoms with Gasteiger partial charge in [-0.1, -0.05) is 18.2 Å². The van der Waals surface area contributed by atoms with E-state index in [0.29, 0.717) is 11.5 Å². The minimum atomic E-state index is -0.499. The number of nitro groups is 1. The van der Waals surface area contributed by atoms with Gasteiger partial charge in [0.2, 0.25) is 5.91 Å². The predicted octanol–water partition coefficient (Wildman–Crippen LogP) is 3.78. The number of anilines is 1. The smallest absolute Gasteiger partial charge is 0.292 e. The number of nitrogens with one attached hydrogen (secondary N) is 1. The molecule has 1 saturated heterocycles. The molecule has 1 fully saturated rings. The second-order valence-corrected chi connectivity index (χ2v) is 6.94. The second-order valence-electron chi connectivity index (χ2n) is 6.94. The van der Waals surface area contributed by atoms with Gasteiger partial charge in [0, 0.05) is 23.7 Å². The maximum Gasteiger partial charge on any atom is 0.292 e. The molecule has 2 atom stereocenters. The van der Waals surface area contributed by atoms with Crippen molar-refractivity contribution in [1.82, 2.24) is 4.90 Å². The van der Waals surface area contributed by atoms with Gasteiger partial charge < -0.3 is 14.8 Å². The van der Waals surface area contributed by atoms with Crippen molar-refractivity contribution in [2.75, 3.05) is 26.1 Å². The maximum atomic E-state index is 12.9. The van der Waals surface area contributed by atoms with Crippen LogP contribution in [-0.4, -0.2) is 42.5 Å². The van der Waals surface area contributed by atoms with Gasteiger partial charge in [-0.3, -0.25) is 19.8 Å². The van der Waals surface area contributed by atoms with Crippen LogP contribution in [0.4, 0.5) is 11.4 Å². The van der Waals surface area contributed by atoms with E-state index in [2.05, 4.69) is 10.2 Å². The van der Waals surface area contributed by atoms with Crippen molar-refractivity contribution < 1.29 is 19.2 Å². The molecule has 0 spiro atoms. The molecule has 2 aromatic rings. The number of carbonyl (C=O) groups excluding carboxylic acids is 1. The van der Waals surface area contributed by atoms with Gasteiger partial charge in [0.1, 0.15) is 17.2 Å². The summed E-state index contributed by atoms with van der Waals surface area (Å²) in [5.41, 5.74) is 1.08. The average molecular weight is 399 g/mol. The Morgan fingerprint density at radius 2 is 2.00 bits per heavy atom. The molecule has 8 heteroatoms. The number of nitrogens with zero attached hydrogens (tertiary/aromatic N) is 2. The summed E-state index contributed by atoms with van der Waals surface area (Å²) in [6.45, 7) is 2.57. The number of benzene rings is 2. The lowest BCUT2D eigenvalue weighted by Gasteiger charge is -2.31. The zero-order chi connectivity index (χ0) is 21.0. The topological polar surface area (TPSA) is 93.9 Å². The lowest BCUT2D eigenvalue weighted by atomic mass is 10.0. The van der Waals surface area contributed by atoms with Crippen LogP contribution in [0.2, 0.25) is 0 Å². The van der Waals surface area contributed by atoms with E-state index >= 15 is 0 Å². The number of carbonyl (C=O) groups is 1. The summed E-state index contributed by atoms with van der Waals surface area (Å²) < 4.78 is 10.8. The maximum absolute atomic E-state index is 12.9. The zero-order valence-corrected chi connectivity index (χ0v) is 16.8. The van der Waals surface area contributed by atoms with E-state index in [4.69, 9.17) is 9.47 Å². The molecular weight excluding hydrogens is 374 g/mol. The number of ether oxygens (including phenoxy) is 2. The van der Waals surface area contributed by atoms with Crippen LogP contribution in [0.25, 0.3) is 0 Å². The number of methoxy groups -OCH3 is 2. The highest BCUT2D eigenvalue weighted by Gasteiger charge is 2.35. The van der Waals surface area contributed by atoms with Crippen molar-refractivity contribution in [1.29, 1.82) is 0 Å². The van der Waals surface area contributed by atoms with Gasteiger partial charge in [0.05, 0.1) is 25.2 Å². The molecule has 1 aliphatic rings. The molecule has 8 nitrogen and oxygen atoms in total.